The number of carbonyl (C=O) groups is 1. The number of aromatic nitrogens is 3. The lowest BCUT2D eigenvalue weighted by molar-refractivity contribution is 0.193. The van der Waals surface area contributed by atoms with Crippen molar-refractivity contribution in [2.45, 2.75) is 6.54 Å². The van der Waals surface area contributed by atoms with Crippen LogP contribution in [0.4, 0.5) is 4.79 Å². The van der Waals surface area contributed by atoms with Crippen LogP contribution < -0.4 is 5.32 Å². The molecule has 0 fully saturated rings. The molecule has 0 aliphatic carbocycles. The molecule has 8 nitrogen and oxygen atoms in total. The highest BCUT2D eigenvalue weighted by molar-refractivity contribution is 5.64. The minimum atomic E-state index is -1.17. The monoisotopic (exact) mass is 245 g/mol. The number of nitriles is 1. The molecule has 0 atom stereocenters. The van der Waals surface area contributed by atoms with E-state index in [0.717, 1.165) is 0 Å². The molecule has 0 unspecified atom stereocenters. The Kier molecular flexibility index (Phi) is 3.15. The summed E-state index contributed by atoms with van der Waals surface area (Å²) < 4.78 is 4.95. The van der Waals surface area contributed by atoms with E-state index in [1.165, 1.54) is 12.3 Å². The Hall–Kier alpha value is -2.95. The number of hydrogen-bond acceptors (Lipinski definition) is 6. The highest BCUT2D eigenvalue weighted by Crippen LogP contribution is 2.16. The smallest absolute Gasteiger partial charge is 0.405 e. The molecule has 0 spiro atoms. The highest BCUT2D eigenvalue weighted by Gasteiger charge is 2.10. The van der Waals surface area contributed by atoms with Crippen LogP contribution in [0.5, 0.6) is 0 Å². The number of nitrogens with zero attached hydrogens (tertiary/aromatic N) is 4. The third-order valence-corrected chi connectivity index (χ3v) is 1.99. The molecule has 0 aliphatic heterocycles. The van der Waals surface area contributed by atoms with Gasteiger partial charge in [-0.15, -0.1) is 0 Å². The quantitative estimate of drug-likeness (QED) is 0.817. The van der Waals surface area contributed by atoms with Crippen molar-refractivity contribution in [3.8, 4) is 17.5 Å². The third-order valence-electron chi connectivity index (χ3n) is 1.99. The lowest BCUT2D eigenvalue weighted by atomic mass is 10.2. The van der Waals surface area contributed by atoms with E-state index in [-0.39, 0.29) is 24.0 Å². The Balaban J connectivity index is 2.19. The summed E-state index contributed by atoms with van der Waals surface area (Å²) in [5.74, 6) is 0.416. The predicted molar refractivity (Wildman–Crippen MR) is 57.1 cm³/mol. The van der Waals surface area contributed by atoms with Gasteiger partial charge in [-0.3, -0.25) is 0 Å². The van der Waals surface area contributed by atoms with E-state index in [0.29, 0.717) is 5.56 Å². The lowest BCUT2D eigenvalue weighted by Crippen LogP contribution is -2.20. The highest BCUT2D eigenvalue weighted by atomic mass is 16.5. The average Bonchev–Trinajstić information content (AvgIpc) is 2.85. The number of hydrogen-bond donors (Lipinski definition) is 2. The molecule has 0 aromatic carbocycles. The molecule has 2 rings (SSSR count). The summed E-state index contributed by atoms with van der Waals surface area (Å²) in [6, 6.07) is 5.01. The standard InChI is InChI=1S/C10H7N5O3/c11-4-7-3-6(1-2-12-7)9-14-8(15-18-9)5-13-10(16)17/h1-3,13H,5H2,(H,16,17). The van der Waals surface area contributed by atoms with E-state index in [9.17, 15) is 4.79 Å². The van der Waals surface area contributed by atoms with Gasteiger partial charge in [0.1, 0.15) is 11.8 Å². The Bertz CT molecular complexity index is 616. The van der Waals surface area contributed by atoms with Crippen LogP contribution in [0.2, 0.25) is 0 Å². The fourth-order valence-electron chi connectivity index (χ4n) is 1.22. The third kappa shape index (κ3) is 2.59. The number of rotatable bonds is 3. The Morgan fingerprint density at radius 3 is 3.17 bits per heavy atom. The van der Waals surface area contributed by atoms with Crippen LogP contribution >= 0.6 is 0 Å². The normalized spacial score (nSPS) is 9.72. The maximum absolute atomic E-state index is 10.3. The first kappa shape index (κ1) is 11.5. The average molecular weight is 245 g/mol. The van der Waals surface area contributed by atoms with Crippen molar-refractivity contribution in [2.24, 2.45) is 0 Å². The molecule has 0 saturated heterocycles. The van der Waals surface area contributed by atoms with Crippen LogP contribution in [-0.2, 0) is 6.54 Å². The van der Waals surface area contributed by atoms with Crippen molar-refractivity contribution in [1.29, 1.82) is 5.26 Å². The molecule has 8 heteroatoms. The topological polar surface area (TPSA) is 125 Å². The molecule has 1 amide bonds. The Labute approximate surface area is 101 Å². The molecule has 2 N–H and O–H groups in total. The first-order valence-corrected chi connectivity index (χ1v) is 4.85. The first-order chi connectivity index (χ1) is 8.69. The van der Waals surface area contributed by atoms with Crippen molar-refractivity contribution < 1.29 is 14.4 Å². The predicted octanol–water partition coefficient (Wildman–Crippen LogP) is 0.771. The molecule has 90 valence electrons. The van der Waals surface area contributed by atoms with Crippen LogP contribution in [0, 0.1) is 11.3 Å². The largest absolute Gasteiger partial charge is 0.465 e. The van der Waals surface area contributed by atoms with Gasteiger partial charge in [-0.1, -0.05) is 5.16 Å². The summed E-state index contributed by atoms with van der Waals surface area (Å²) in [5.41, 5.74) is 0.784. The van der Waals surface area contributed by atoms with Gasteiger partial charge in [0.2, 0.25) is 0 Å². The van der Waals surface area contributed by atoms with Gasteiger partial charge in [0.05, 0.1) is 6.54 Å². The van der Waals surface area contributed by atoms with E-state index in [2.05, 4.69) is 20.4 Å². The zero-order chi connectivity index (χ0) is 13.0. The molecule has 0 radical (unpaired) electrons. The summed E-state index contributed by atoms with van der Waals surface area (Å²) in [6.45, 7) is -0.0466. The molecule has 18 heavy (non-hydrogen) atoms. The second-order valence-electron chi connectivity index (χ2n) is 3.22. The first-order valence-electron chi connectivity index (χ1n) is 4.85. The van der Waals surface area contributed by atoms with Crippen molar-refractivity contribution in [2.75, 3.05) is 0 Å². The van der Waals surface area contributed by atoms with Crippen molar-refractivity contribution >= 4 is 6.09 Å². The minimum absolute atomic E-state index is 0.0466. The molecular formula is C10H7N5O3. The van der Waals surface area contributed by atoms with Gasteiger partial charge in [0.15, 0.2) is 5.82 Å². The van der Waals surface area contributed by atoms with Crippen molar-refractivity contribution in [3.63, 3.8) is 0 Å². The van der Waals surface area contributed by atoms with Gasteiger partial charge in [-0.25, -0.2) is 9.78 Å². The summed E-state index contributed by atoms with van der Waals surface area (Å²) in [7, 11) is 0. The maximum atomic E-state index is 10.3. The fourth-order valence-corrected chi connectivity index (χ4v) is 1.22. The zero-order valence-electron chi connectivity index (χ0n) is 8.99. The van der Waals surface area contributed by atoms with E-state index in [1.807, 2.05) is 6.07 Å². The minimum Gasteiger partial charge on any atom is -0.465 e. The Morgan fingerprint density at radius 2 is 2.44 bits per heavy atom. The summed E-state index contributed by atoms with van der Waals surface area (Å²) in [5, 5.41) is 22.9. The van der Waals surface area contributed by atoms with Crippen molar-refractivity contribution in [1.82, 2.24) is 20.4 Å². The second kappa shape index (κ2) is 4.92. The van der Waals surface area contributed by atoms with E-state index in [1.54, 1.807) is 6.07 Å². The van der Waals surface area contributed by atoms with E-state index >= 15 is 0 Å². The van der Waals surface area contributed by atoms with Crippen molar-refractivity contribution in [3.05, 3.63) is 29.8 Å². The summed E-state index contributed by atoms with van der Waals surface area (Å²) >= 11 is 0. The van der Waals surface area contributed by atoms with Gasteiger partial charge in [-0.2, -0.15) is 10.2 Å². The van der Waals surface area contributed by atoms with Gasteiger partial charge >= 0.3 is 6.09 Å². The second-order valence-corrected chi connectivity index (χ2v) is 3.22. The molecular weight excluding hydrogens is 238 g/mol. The molecule has 2 aromatic heterocycles. The van der Waals surface area contributed by atoms with Crippen LogP contribution in [0.3, 0.4) is 0 Å². The van der Waals surface area contributed by atoms with Gasteiger partial charge in [-0.05, 0) is 12.1 Å². The SMILES string of the molecule is N#Cc1cc(-c2nc(CNC(=O)O)no2)ccn1. The Morgan fingerprint density at radius 1 is 1.61 bits per heavy atom. The summed E-state index contributed by atoms with van der Waals surface area (Å²) in [6.07, 6.45) is 0.282. The lowest BCUT2D eigenvalue weighted by Gasteiger charge is -1.93. The number of nitrogens with one attached hydrogen (secondary N) is 1. The van der Waals surface area contributed by atoms with E-state index < -0.39 is 6.09 Å². The fraction of sp³-hybridized carbons (Fsp3) is 0.100. The van der Waals surface area contributed by atoms with Gasteiger partial charge in [0.25, 0.3) is 5.89 Å². The molecule has 2 heterocycles. The molecule has 0 saturated carbocycles. The van der Waals surface area contributed by atoms with Gasteiger partial charge in [0, 0.05) is 11.8 Å². The molecule has 2 aromatic rings. The van der Waals surface area contributed by atoms with E-state index in [4.69, 9.17) is 14.9 Å². The van der Waals surface area contributed by atoms with Crippen LogP contribution in [0.1, 0.15) is 11.5 Å². The number of amides is 1. The van der Waals surface area contributed by atoms with Gasteiger partial charge < -0.3 is 14.9 Å². The number of carboxylic acid groups (broad SMARTS) is 1. The maximum Gasteiger partial charge on any atom is 0.405 e. The van der Waals surface area contributed by atoms with Crippen LogP contribution in [0.15, 0.2) is 22.9 Å². The molecule has 0 bridgehead atoms. The summed E-state index contributed by atoms with van der Waals surface area (Å²) in [4.78, 5) is 18.1. The number of pyridine rings is 1. The van der Waals surface area contributed by atoms with Crippen LogP contribution in [0.25, 0.3) is 11.5 Å². The zero-order valence-corrected chi connectivity index (χ0v) is 8.99. The van der Waals surface area contributed by atoms with Crippen LogP contribution in [-0.4, -0.2) is 26.3 Å². The molecule has 0 aliphatic rings.